The maximum Gasteiger partial charge on any atom is 0.325 e. The van der Waals surface area contributed by atoms with Crippen LogP contribution in [0, 0.1) is 0 Å². The fourth-order valence-electron chi connectivity index (χ4n) is 1.43. The Morgan fingerprint density at radius 1 is 1.14 bits per heavy atom. The first-order valence-corrected chi connectivity index (χ1v) is 11.5. The Kier molecular flexibility index (Phi) is 7.35. The van der Waals surface area contributed by atoms with Crippen molar-refractivity contribution in [3.8, 4) is 0 Å². The van der Waals surface area contributed by atoms with Crippen molar-refractivity contribution in [3.05, 3.63) is 0 Å². The molecule has 4 nitrogen and oxygen atoms in total. The van der Waals surface area contributed by atoms with Gasteiger partial charge in [0.05, 0.1) is 6.10 Å². The zero-order chi connectivity index (χ0) is 18.0. The maximum atomic E-state index is 12.2. The predicted octanol–water partition coefficient (Wildman–Crippen LogP) is 4.25. The van der Waals surface area contributed by atoms with Crippen LogP contribution in [0.3, 0.4) is 0 Å². The summed E-state index contributed by atoms with van der Waals surface area (Å²) >= 11 is 3.32. The SMILES string of the molecule is CC(C)(C)OC(=O)[C@@](C)(Br)[C@H](O)CCO[Si](C)(C)C(C)(C)C. The Bertz CT molecular complexity index is 381. The molecule has 22 heavy (non-hydrogen) atoms. The lowest BCUT2D eigenvalue weighted by atomic mass is 10.0. The van der Waals surface area contributed by atoms with Crippen LogP contribution < -0.4 is 0 Å². The first kappa shape index (κ1) is 22.1. The van der Waals surface area contributed by atoms with Crippen molar-refractivity contribution in [2.45, 2.75) is 89.0 Å². The summed E-state index contributed by atoms with van der Waals surface area (Å²) in [7, 11) is -1.84. The Balaban J connectivity index is 4.60. The molecular formula is C16H33BrO4Si. The minimum absolute atomic E-state index is 0.126. The highest BCUT2D eigenvalue weighted by atomic mass is 79.9. The number of carbonyl (C=O) groups excluding carboxylic acids is 1. The standard InChI is InChI=1S/C16H33BrO4Si/c1-14(2,3)21-13(19)16(7,17)12(18)10-11-20-22(8,9)15(4,5)6/h12,18H,10-11H2,1-9H3/t12-,16+/m1/s1. The summed E-state index contributed by atoms with van der Waals surface area (Å²) in [5, 5.41) is 10.5. The highest BCUT2D eigenvalue weighted by Crippen LogP contribution is 2.37. The molecule has 0 aromatic heterocycles. The van der Waals surface area contributed by atoms with Gasteiger partial charge in [0.1, 0.15) is 9.93 Å². The molecule has 0 aliphatic heterocycles. The van der Waals surface area contributed by atoms with Crippen LogP contribution in [0.5, 0.6) is 0 Å². The van der Waals surface area contributed by atoms with E-state index in [1.807, 2.05) is 0 Å². The van der Waals surface area contributed by atoms with Crippen molar-refractivity contribution < 1.29 is 19.1 Å². The summed E-state index contributed by atoms with van der Waals surface area (Å²) in [6.07, 6.45) is -0.486. The van der Waals surface area contributed by atoms with Gasteiger partial charge in [-0.3, -0.25) is 4.79 Å². The van der Waals surface area contributed by atoms with Crippen LogP contribution in [-0.2, 0) is 14.0 Å². The van der Waals surface area contributed by atoms with E-state index < -0.39 is 30.3 Å². The van der Waals surface area contributed by atoms with E-state index in [1.54, 1.807) is 27.7 Å². The van der Waals surface area contributed by atoms with Crippen molar-refractivity contribution in [1.29, 1.82) is 0 Å². The zero-order valence-corrected chi connectivity index (χ0v) is 18.1. The van der Waals surface area contributed by atoms with Crippen molar-refractivity contribution in [3.63, 3.8) is 0 Å². The van der Waals surface area contributed by atoms with E-state index in [-0.39, 0.29) is 5.04 Å². The van der Waals surface area contributed by atoms with E-state index in [0.717, 1.165) is 0 Å². The van der Waals surface area contributed by atoms with Gasteiger partial charge in [-0.05, 0) is 52.2 Å². The number of ether oxygens (including phenoxy) is 1. The van der Waals surface area contributed by atoms with Crippen molar-refractivity contribution >= 4 is 30.2 Å². The van der Waals surface area contributed by atoms with E-state index in [9.17, 15) is 9.90 Å². The van der Waals surface area contributed by atoms with Crippen LogP contribution in [0.1, 0.15) is 54.9 Å². The minimum atomic E-state index is -1.84. The van der Waals surface area contributed by atoms with Gasteiger partial charge in [0.15, 0.2) is 8.32 Å². The lowest BCUT2D eigenvalue weighted by molar-refractivity contribution is -0.160. The Morgan fingerprint density at radius 3 is 1.95 bits per heavy atom. The van der Waals surface area contributed by atoms with Gasteiger partial charge in [-0.1, -0.05) is 36.7 Å². The Hall–Kier alpha value is 0.0869. The van der Waals surface area contributed by atoms with Gasteiger partial charge < -0.3 is 14.3 Å². The number of hydrogen-bond donors (Lipinski definition) is 1. The van der Waals surface area contributed by atoms with Crippen molar-refractivity contribution in [1.82, 2.24) is 0 Å². The highest BCUT2D eigenvalue weighted by Gasteiger charge is 2.42. The van der Waals surface area contributed by atoms with Gasteiger partial charge >= 0.3 is 5.97 Å². The van der Waals surface area contributed by atoms with E-state index >= 15 is 0 Å². The fraction of sp³-hybridized carbons (Fsp3) is 0.938. The largest absolute Gasteiger partial charge is 0.459 e. The van der Waals surface area contributed by atoms with Gasteiger partial charge in [-0.15, -0.1) is 0 Å². The van der Waals surface area contributed by atoms with Crippen LogP contribution in [0.25, 0.3) is 0 Å². The molecule has 2 atom stereocenters. The quantitative estimate of drug-likeness (QED) is 0.414. The van der Waals surface area contributed by atoms with Gasteiger partial charge in [0.2, 0.25) is 0 Å². The van der Waals surface area contributed by atoms with E-state index in [2.05, 4.69) is 49.8 Å². The first-order chi connectivity index (χ1) is 9.51. The molecule has 0 heterocycles. The third-order valence-electron chi connectivity index (χ3n) is 4.08. The number of rotatable bonds is 6. The molecule has 0 bridgehead atoms. The lowest BCUT2D eigenvalue weighted by Gasteiger charge is -2.37. The summed E-state index contributed by atoms with van der Waals surface area (Å²) in [6, 6.07) is 0. The summed E-state index contributed by atoms with van der Waals surface area (Å²) in [6.45, 7) is 18.3. The number of aliphatic hydroxyl groups excluding tert-OH is 1. The third kappa shape index (κ3) is 6.68. The van der Waals surface area contributed by atoms with Crippen LogP contribution in [0.2, 0.25) is 18.1 Å². The number of aliphatic hydroxyl groups is 1. The van der Waals surface area contributed by atoms with E-state index in [0.29, 0.717) is 13.0 Å². The topological polar surface area (TPSA) is 55.8 Å². The van der Waals surface area contributed by atoms with Crippen LogP contribution in [0.4, 0.5) is 0 Å². The first-order valence-electron chi connectivity index (χ1n) is 7.75. The molecule has 0 aliphatic carbocycles. The molecule has 0 spiro atoms. The van der Waals surface area contributed by atoms with Crippen LogP contribution in [-0.4, -0.2) is 42.0 Å². The van der Waals surface area contributed by atoms with Crippen molar-refractivity contribution in [2.75, 3.05) is 6.61 Å². The average Bonchev–Trinajstić information content (AvgIpc) is 2.24. The normalized spacial score (nSPS) is 17.8. The molecule has 1 N–H and O–H groups in total. The zero-order valence-electron chi connectivity index (χ0n) is 15.5. The number of alkyl halides is 1. The molecular weight excluding hydrogens is 364 g/mol. The summed E-state index contributed by atoms with van der Waals surface area (Å²) in [5.74, 6) is -0.458. The smallest absolute Gasteiger partial charge is 0.325 e. The van der Waals surface area contributed by atoms with E-state index in [4.69, 9.17) is 9.16 Å². The number of hydrogen-bond acceptors (Lipinski definition) is 4. The number of esters is 1. The van der Waals surface area contributed by atoms with Crippen LogP contribution in [0.15, 0.2) is 0 Å². The monoisotopic (exact) mass is 396 g/mol. The molecule has 0 radical (unpaired) electrons. The maximum absolute atomic E-state index is 12.2. The number of carbonyl (C=O) groups is 1. The molecule has 0 saturated heterocycles. The summed E-state index contributed by atoms with van der Waals surface area (Å²) in [4.78, 5) is 12.2. The molecule has 0 unspecified atom stereocenters. The fourth-order valence-corrected chi connectivity index (χ4v) is 2.80. The second kappa shape index (κ2) is 7.32. The predicted molar refractivity (Wildman–Crippen MR) is 96.9 cm³/mol. The molecule has 0 amide bonds. The van der Waals surface area contributed by atoms with Crippen molar-refractivity contribution in [2.24, 2.45) is 0 Å². The molecule has 0 aromatic carbocycles. The minimum Gasteiger partial charge on any atom is -0.459 e. The summed E-state index contributed by atoms with van der Waals surface area (Å²) in [5.41, 5.74) is -0.580. The lowest BCUT2D eigenvalue weighted by Crippen LogP contribution is -2.46. The summed E-state index contributed by atoms with van der Waals surface area (Å²) < 4.78 is 10.3. The highest BCUT2D eigenvalue weighted by molar-refractivity contribution is 9.10. The average molecular weight is 397 g/mol. The van der Waals surface area contributed by atoms with Gasteiger partial charge in [-0.25, -0.2) is 0 Å². The molecule has 0 aromatic rings. The van der Waals surface area contributed by atoms with E-state index in [1.165, 1.54) is 0 Å². The van der Waals surface area contributed by atoms with Gasteiger partial charge in [0, 0.05) is 6.61 Å². The van der Waals surface area contributed by atoms with Crippen LogP contribution >= 0.6 is 15.9 Å². The number of halogens is 1. The third-order valence-corrected chi connectivity index (χ3v) is 9.47. The van der Waals surface area contributed by atoms with Gasteiger partial charge in [0.25, 0.3) is 0 Å². The second-order valence-electron chi connectivity index (χ2n) is 8.49. The molecule has 0 rings (SSSR count). The Morgan fingerprint density at radius 2 is 1.59 bits per heavy atom. The molecule has 0 saturated carbocycles. The molecule has 132 valence electrons. The Labute approximate surface area is 145 Å². The van der Waals surface area contributed by atoms with Gasteiger partial charge in [-0.2, -0.15) is 0 Å². The molecule has 0 fully saturated rings. The molecule has 6 heteroatoms. The second-order valence-corrected chi connectivity index (χ2v) is 14.9. The molecule has 0 aliphatic rings.